The molecule has 6 nitrogen and oxygen atoms in total. The lowest BCUT2D eigenvalue weighted by molar-refractivity contribution is 0.0947. The SMILES string of the molecule is CCCCCNC(=O)c1cc(Nc2ccc(N(CC)CC)cc2C)nc(C)n1. The van der Waals surface area contributed by atoms with E-state index in [0.29, 0.717) is 23.9 Å². The van der Waals surface area contributed by atoms with Crippen LogP contribution in [0.2, 0.25) is 0 Å². The van der Waals surface area contributed by atoms with E-state index in [9.17, 15) is 4.79 Å². The molecule has 2 aromatic rings. The van der Waals surface area contributed by atoms with Crippen molar-refractivity contribution in [2.24, 2.45) is 0 Å². The van der Waals surface area contributed by atoms with Crippen LogP contribution in [0.4, 0.5) is 17.2 Å². The van der Waals surface area contributed by atoms with E-state index in [4.69, 9.17) is 0 Å². The number of benzene rings is 1. The minimum atomic E-state index is -0.154. The van der Waals surface area contributed by atoms with E-state index in [1.165, 1.54) is 5.69 Å². The second-order valence-electron chi connectivity index (χ2n) is 6.95. The number of amides is 1. The topological polar surface area (TPSA) is 70.2 Å². The van der Waals surface area contributed by atoms with E-state index in [1.807, 2.05) is 0 Å². The Labute approximate surface area is 168 Å². The zero-order valence-electron chi connectivity index (χ0n) is 17.8. The minimum absolute atomic E-state index is 0.154. The standard InChI is InChI=1S/C22H33N5O/c1-6-9-10-13-23-22(28)20-15-21(25-17(5)24-20)26-19-12-11-18(14-16(19)4)27(7-2)8-3/h11-12,14-15H,6-10,13H2,1-5H3,(H,23,28)(H,24,25,26). The summed E-state index contributed by atoms with van der Waals surface area (Å²) in [5.74, 6) is 1.05. The molecule has 1 heterocycles. The third-order valence-electron chi connectivity index (χ3n) is 4.74. The minimum Gasteiger partial charge on any atom is -0.372 e. The average Bonchev–Trinajstić information content (AvgIpc) is 2.67. The fraction of sp³-hybridized carbons (Fsp3) is 0.500. The van der Waals surface area contributed by atoms with Crippen LogP contribution in [-0.2, 0) is 0 Å². The van der Waals surface area contributed by atoms with Crippen LogP contribution < -0.4 is 15.5 Å². The van der Waals surface area contributed by atoms with Crippen molar-refractivity contribution in [3.63, 3.8) is 0 Å². The molecule has 0 spiro atoms. The molecule has 28 heavy (non-hydrogen) atoms. The average molecular weight is 384 g/mol. The lowest BCUT2D eigenvalue weighted by atomic mass is 10.1. The molecule has 152 valence electrons. The number of hydrogen-bond donors (Lipinski definition) is 2. The van der Waals surface area contributed by atoms with Crippen LogP contribution in [-0.4, -0.2) is 35.5 Å². The summed E-state index contributed by atoms with van der Waals surface area (Å²) in [7, 11) is 0. The predicted octanol–water partition coefficient (Wildman–Crippen LogP) is 4.60. The first-order valence-electron chi connectivity index (χ1n) is 10.2. The molecule has 2 N–H and O–H groups in total. The fourth-order valence-electron chi connectivity index (χ4n) is 3.13. The number of aryl methyl sites for hydroxylation is 2. The Morgan fingerprint density at radius 1 is 1.04 bits per heavy atom. The molecule has 0 aliphatic carbocycles. The summed E-state index contributed by atoms with van der Waals surface area (Å²) in [6, 6.07) is 8.05. The number of aromatic nitrogens is 2. The third kappa shape index (κ3) is 5.94. The molecule has 0 aliphatic heterocycles. The molecule has 0 saturated carbocycles. The first-order valence-corrected chi connectivity index (χ1v) is 10.2. The van der Waals surface area contributed by atoms with Crippen LogP contribution in [0, 0.1) is 13.8 Å². The summed E-state index contributed by atoms with van der Waals surface area (Å²) in [4.78, 5) is 23.4. The van der Waals surface area contributed by atoms with Crippen LogP contribution in [0.1, 0.15) is 61.9 Å². The maximum absolute atomic E-state index is 12.4. The molecule has 0 saturated heterocycles. The number of carbonyl (C=O) groups excluding carboxylic acids is 1. The highest BCUT2D eigenvalue weighted by Gasteiger charge is 2.11. The number of rotatable bonds is 10. The predicted molar refractivity (Wildman–Crippen MR) is 117 cm³/mol. The van der Waals surface area contributed by atoms with Gasteiger partial charge in [-0.15, -0.1) is 0 Å². The molecule has 1 aromatic heterocycles. The Balaban J connectivity index is 2.14. The van der Waals surface area contributed by atoms with Crippen LogP contribution in [0.25, 0.3) is 0 Å². The van der Waals surface area contributed by atoms with E-state index in [-0.39, 0.29) is 5.91 Å². The Kier molecular flexibility index (Phi) is 8.23. The van der Waals surface area contributed by atoms with Crippen LogP contribution >= 0.6 is 0 Å². The number of nitrogens with zero attached hydrogens (tertiary/aromatic N) is 3. The van der Waals surface area contributed by atoms with Crippen LogP contribution in [0.5, 0.6) is 0 Å². The van der Waals surface area contributed by atoms with Gasteiger partial charge in [0.2, 0.25) is 0 Å². The summed E-state index contributed by atoms with van der Waals surface area (Å²) in [5.41, 5.74) is 3.71. The normalized spacial score (nSPS) is 10.6. The van der Waals surface area contributed by atoms with Crippen molar-refractivity contribution in [3.05, 3.63) is 41.3 Å². The van der Waals surface area contributed by atoms with Gasteiger partial charge in [0.05, 0.1) is 0 Å². The number of unbranched alkanes of at least 4 members (excludes halogenated alkanes) is 2. The monoisotopic (exact) mass is 383 g/mol. The summed E-state index contributed by atoms with van der Waals surface area (Å²) in [6.07, 6.45) is 3.22. The molecule has 0 radical (unpaired) electrons. The van der Waals surface area contributed by atoms with E-state index in [2.05, 4.69) is 71.4 Å². The van der Waals surface area contributed by atoms with Gasteiger partial charge in [-0.1, -0.05) is 19.8 Å². The second kappa shape index (κ2) is 10.6. The summed E-state index contributed by atoms with van der Waals surface area (Å²) >= 11 is 0. The first-order chi connectivity index (χ1) is 13.5. The van der Waals surface area contributed by atoms with Gasteiger partial charge >= 0.3 is 0 Å². The van der Waals surface area contributed by atoms with Crippen LogP contribution in [0.3, 0.4) is 0 Å². The number of carbonyl (C=O) groups is 1. The Morgan fingerprint density at radius 3 is 2.43 bits per heavy atom. The number of nitrogens with one attached hydrogen (secondary N) is 2. The van der Waals surface area contributed by atoms with E-state index >= 15 is 0 Å². The highest BCUT2D eigenvalue weighted by molar-refractivity contribution is 5.93. The maximum atomic E-state index is 12.4. The Morgan fingerprint density at radius 2 is 1.79 bits per heavy atom. The highest BCUT2D eigenvalue weighted by Crippen LogP contribution is 2.25. The summed E-state index contributed by atoms with van der Waals surface area (Å²) < 4.78 is 0. The van der Waals surface area contributed by atoms with Crippen molar-refractivity contribution in [1.29, 1.82) is 0 Å². The van der Waals surface area contributed by atoms with E-state index in [1.54, 1.807) is 13.0 Å². The van der Waals surface area contributed by atoms with Gasteiger partial charge in [0, 0.05) is 37.1 Å². The lowest BCUT2D eigenvalue weighted by Crippen LogP contribution is -2.26. The molecule has 6 heteroatoms. The molecule has 0 fully saturated rings. The fourth-order valence-corrected chi connectivity index (χ4v) is 3.13. The number of anilines is 3. The van der Waals surface area contributed by atoms with Crippen molar-refractivity contribution >= 4 is 23.1 Å². The molecular weight excluding hydrogens is 350 g/mol. The van der Waals surface area contributed by atoms with Crippen molar-refractivity contribution in [1.82, 2.24) is 15.3 Å². The zero-order chi connectivity index (χ0) is 20.5. The lowest BCUT2D eigenvalue weighted by Gasteiger charge is -2.22. The van der Waals surface area contributed by atoms with Gasteiger partial charge in [-0.05, 0) is 57.9 Å². The summed E-state index contributed by atoms with van der Waals surface area (Å²) in [5, 5.41) is 6.27. The molecule has 0 aliphatic rings. The van der Waals surface area contributed by atoms with Gasteiger partial charge in [0.1, 0.15) is 17.3 Å². The Bertz CT molecular complexity index is 786. The molecule has 2 rings (SSSR count). The van der Waals surface area contributed by atoms with Crippen molar-refractivity contribution in [2.45, 2.75) is 53.9 Å². The molecule has 0 bridgehead atoms. The quantitative estimate of drug-likeness (QED) is 0.587. The highest BCUT2D eigenvalue weighted by atomic mass is 16.1. The third-order valence-corrected chi connectivity index (χ3v) is 4.74. The largest absolute Gasteiger partial charge is 0.372 e. The first kappa shape index (κ1) is 21.7. The molecule has 0 unspecified atom stereocenters. The molecule has 1 aromatic carbocycles. The van der Waals surface area contributed by atoms with Crippen molar-refractivity contribution in [3.8, 4) is 0 Å². The molecular formula is C22H33N5O. The van der Waals surface area contributed by atoms with Gasteiger partial charge in [0.15, 0.2) is 0 Å². The Hall–Kier alpha value is -2.63. The van der Waals surface area contributed by atoms with Gasteiger partial charge in [0.25, 0.3) is 5.91 Å². The van der Waals surface area contributed by atoms with Crippen molar-refractivity contribution in [2.75, 3.05) is 29.9 Å². The van der Waals surface area contributed by atoms with Gasteiger partial charge in [-0.2, -0.15) is 0 Å². The smallest absolute Gasteiger partial charge is 0.270 e. The summed E-state index contributed by atoms with van der Waals surface area (Å²) in [6.45, 7) is 13.0. The van der Waals surface area contributed by atoms with E-state index < -0.39 is 0 Å². The van der Waals surface area contributed by atoms with Crippen molar-refractivity contribution < 1.29 is 4.79 Å². The maximum Gasteiger partial charge on any atom is 0.270 e. The van der Waals surface area contributed by atoms with Gasteiger partial charge < -0.3 is 15.5 Å². The van der Waals surface area contributed by atoms with E-state index in [0.717, 1.165) is 43.6 Å². The van der Waals surface area contributed by atoms with Crippen LogP contribution in [0.15, 0.2) is 24.3 Å². The molecule has 1 amide bonds. The second-order valence-corrected chi connectivity index (χ2v) is 6.95. The molecule has 0 atom stereocenters. The van der Waals surface area contributed by atoms with Gasteiger partial charge in [-0.25, -0.2) is 9.97 Å². The zero-order valence-corrected chi connectivity index (χ0v) is 17.8. The van der Waals surface area contributed by atoms with Gasteiger partial charge in [-0.3, -0.25) is 4.79 Å². The number of hydrogen-bond acceptors (Lipinski definition) is 5.